The molecule has 0 aromatic rings. The molecule has 1 aliphatic rings. The molecule has 0 radical (unpaired) electrons. The lowest BCUT2D eigenvalue weighted by molar-refractivity contribution is -0.00201. The normalized spacial score (nSPS) is 36.0. The zero-order valence-corrected chi connectivity index (χ0v) is 12.3. The minimum absolute atomic E-state index is 0.0362. The molecule has 0 amide bonds. The average molecular weight is 269 g/mol. The molecule has 0 saturated carbocycles. The Morgan fingerprint density at radius 1 is 1.47 bits per heavy atom. The predicted molar refractivity (Wildman–Crippen MR) is 77.2 cm³/mol. The van der Waals surface area contributed by atoms with Crippen LogP contribution in [0.5, 0.6) is 0 Å². The average Bonchev–Trinajstić information content (AvgIpc) is 2.39. The number of methoxy groups -OCH3 is 1. The Labute approximate surface area is 116 Å². The van der Waals surface area contributed by atoms with E-state index >= 15 is 0 Å². The first-order valence-electron chi connectivity index (χ1n) is 6.98. The van der Waals surface area contributed by atoms with Crippen molar-refractivity contribution in [1.82, 2.24) is 5.32 Å². The molecule has 1 heterocycles. The molecule has 0 aromatic carbocycles. The van der Waals surface area contributed by atoms with Gasteiger partial charge < -0.3 is 19.9 Å². The van der Waals surface area contributed by atoms with E-state index in [1.807, 2.05) is 26.0 Å². The maximum atomic E-state index is 10.3. The molecule has 19 heavy (non-hydrogen) atoms. The fraction of sp³-hybridized carbons (Fsp3) is 0.733. The number of hydrogen-bond donors (Lipinski definition) is 2. The van der Waals surface area contributed by atoms with Crippen LogP contribution in [0.2, 0.25) is 0 Å². The number of ether oxygens (including phenoxy) is 2. The first-order chi connectivity index (χ1) is 9.15. The largest absolute Gasteiger partial charge is 0.389 e. The first kappa shape index (κ1) is 16.4. The molecule has 4 heteroatoms. The SMILES string of the molecule is CO[C@H]1/C=C/CNCCCOC/C(C)=C\C(C)[C@@H]1O. The zero-order chi connectivity index (χ0) is 14.1. The minimum Gasteiger partial charge on any atom is -0.389 e. The molecular formula is C15H27NO3. The molecule has 2 N–H and O–H groups in total. The molecule has 3 atom stereocenters. The number of aliphatic hydroxyl groups is 1. The third-order valence-electron chi connectivity index (χ3n) is 3.25. The van der Waals surface area contributed by atoms with Gasteiger partial charge in [-0.3, -0.25) is 0 Å². The van der Waals surface area contributed by atoms with Crippen molar-refractivity contribution in [3.63, 3.8) is 0 Å². The second-order valence-corrected chi connectivity index (χ2v) is 5.10. The summed E-state index contributed by atoms with van der Waals surface area (Å²) < 4.78 is 10.9. The summed E-state index contributed by atoms with van der Waals surface area (Å²) in [5.74, 6) is 0.0362. The molecule has 4 nitrogen and oxygen atoms in total. The van der Waals surface area contributed by atoms with Crippen molar-refractivity contribution in [3.05, 3.63) is 23.8 Å². The smallest absolute Gasteiger partial charge is 0.102 e. The quantitative estimate of drug-likeness (QED) is 0.709. The van der Waals surface area contributed by atoms with E-state index in [4.69, 9.17) is 9.47 Å². The van der Waals surface area contributed by atoms with Crippen molar-refractivity contribution < 1.29 is 14.6 Å². The van der Waals surface area contributed by atoms with E-state index in [0.717, 1.165) is 31.7 Å². The summed E-state index contributed by atoms with van der Waals surface area (Å²) in [6, 6.07) is 0. The highest BCUT2D eigenvalue weighted by Gasteiger charge is 2.21. The number of nitrogens with one attached hydrogen (secondary N) is 1. The van der Waals surface area contributed by atoms with Gasteiger partial charge in [0.2, 0.25) is 0 Å². The Morgan fingerprint density at radius 3 is 3.00 bits per heavy atom. The minimum atomic E-state index is -0.542. The van der Waals surface area contributed by atoms with E-state index in [1.54, 1.807) is 7.11 Å². The molecule has 0 aromatic heterocycles. The highest BCUT2D eigenvalue weighted by atomic mass is 16.5. The Morgan fingerprint density at radius 2 is 2.26 bits per heavy atom. The van der Waals surface area contributed by atoms with Gasteiger partial charge in [0.1, 0.15) is 6.10 Å². The first-order valence-corrected chi connectivity index (χ1v) is 6.98. The molecule has 0 saturated heterocycles. The highest BCUT2D eigenvalue weighted by Crippen LogP contribution is 2.15. The van der Waals surface area contributed by atoms with Crippen LogP contribution in [0, 0.1) is 5.92 Å². The molecule has 0 spiro atoms. The second-order valence-electron chi connectivity index (χ2n) is 5.10. The molecule has 110 valence electrons. The van der Waals surface area contributed by atoms with E-state index in [1.165, 1.54) is 0 Å². The van der Waals surface area contributed by atoms with Crippen LogP contribution in [0.25, 0.3) is 0 Å². The monoisotopic (exact) mass is 269 g/mol. The third-order valence-corrected chi connectivity index (χ3v) is 3.25. The van der Waals surface area contributed by atoms with Crippen molar-refractivity contribution in [3.8, 4) is 0 Å². The van der Waals surface area contributed by atoms with Crippen LogP contribution >= 0.6 is 0 Å². The van der Waals surface area contributed by atoms with E-state index in [-0.39, 0.29) is 12.0 Å². The predicted octanol–water partition coefficient (Wildman–Crippen LogP) is 1.51. The summed E-state index contributed by atoms with van der Waals surface area (Å²) in [6.07, 6.45) is 6.19. The van der Waals surface area contributed by atoms with Gasteiger partial charge in [-0.25, -0.2) is 0 Å². The lowest BCUT2D eigenvalue weighted by Crippen LogP contribution is -2.32. The maximum absolute atomic E-state index is 10.3. The van der Waals surface area contributed by atoms with Gasteiger partial charge in [-0.2, -0.15) is 0 Å². The van der Waals surface area contributed by atoms with Crippen LogP contribution in [0.15, 0.2) is 23.8 Å². The van der Waals surface area contributed by atoms with Gasteiger partial charge in [-0.15, -0.1) is 0 Å². The summed E-state index contributed by atoms with van der Waals surface area (Å²) in [4.78, 5) is 0. The van der Waals surface area contributed by atoms with Gasteiger partial charge >= 0.3 is 0 Å². The summed E-state index contributed by atoms with van der Waals surface area (Å²) in [5, 5.41) is 13.6. The molecule has 0 bridgehead atoms. The summed E-state index contributed by atoms with van der Waals surface area (Å²) in [6.45, 7) is 7.15. The summed E-state index contributed by atoms with van der Waals surface area (Å²) in [7, 11) is 1.63. The number of aliphatic hydroxyl groups excluding tert-OH is 1. The van der Waals surface area contributed by atoms with Crippen LogP contribution < -0.4 is 5.32 Å². The van der Waals surface area contributed by atoms with E-state index < -0.39 is 6.10 Å². The molecule has 1 rings (SSSR count). The summed E-state index contributed by atoms with van der Waals surface area (Å²) >= 11 is 0. The molecular weight excluding hydrogens is 242 g/mol. The molecule has 0 aliphatic carbocycles. The van der Waals surface area contributed by atoms with Gasteiger partial charge in [0.05, 0.1) is 12.7 Å². The van der Waals surface area contributed by atoms with E-state index in [9.17, 15) is 5.11 Å². The third kappa shape index (κ3) is 6.34. The second kappa shape index (κ2) is 9.26. The lowest BCUT2D eigenvalue weighted by atomic mass is 9.97. The topological polar surface area (TPSA) is 50.7 Å². The van der Waals surface area contributed by atoms with E-state index in [0.29, 0.717) is 6.61 Å². The van der Waals surface area contributed by atoms with Gasteiger partial charge in [0.15, 0.2) is 0 Å². The van der Waals surface area contributed by atoms with E-state index in [2.05, 4.69) is 11.4 Å². The Bertz CT molecular complexity index is 302. The highest BCUT2D eigenvalue weighted by molar-refractivity contribution is 5.05. The van der Waals surface area contributed by atoms with Gasteiger partial charge in [0.25, 0.3) is 0 Å². The Kier molecular flexibility index (Phi) is 7.98. The van der Waals surface area contributed by atoms with Gasteiger partial charge in [-0.05, 0) is 19.9 Å². The van der Waals surface area contributed by atoms with Crippen LogP contribution in [0.3, 0.4) is 0 Å². The maximum Gasteiger partial charge on any atom is 0.102 e. The fourth-order valence-electron chi connectivity index (χ4n) is 2.15. The molecule has 1 aliphatic heterocycles. The van der Waals surface area contributed by atoms with Crippen molar-refractivity contribution >= 4 is 0 Å². The number of hydrogen-bond acceptors (Lipinski definition) is 4. The Hall–Kier alpha value is -0.680. The van der Waals surface area contributed by atoms with Gasteiger partial charge in [-0.1, -0.05) is 30.7 Å². The van der Waals surface area contributed by atoms with Crippen LogP contribution in [0.1, 0.15) is 20.3 Å². The summed E-state index contributed by atoms with van der Waals surface area (Å²) in [5.41, 5.74) is 1.15. The fourth-order valence-corrected chi connectivity index (χ4v) is 2.15. The molecule has 1 unspecified atom stereocenters. The van der Waals surface area contributed by atoms with Crippen LogP contribution in [-0.2, 0) is 9.47 Å². The standard InChI is InChI=1S/C15H27NO3/c1-12-10-13(2)15(17)14(18-3)6-4-7-16-8-5-9-19-11-12/h4,6,10,13-17H,5,7-9,11H2,1-3H3/b6-4+,12-10-/t13?,14-,15-/m0/s1. The van der Waals surface area contributed by atoms with Crippen molar-refractivity contribution in [1.29, 1.82) is 0 Å². The molecule has 0 fully saturated rings. The van der Waals surface area contributed by atoms with Crippen molar-refractivity contribution in [2.45, 2.75) is 32.5 Å². The van der Waals surface area contributed by atoms with Crippen LogP contribution in [-0.4, -0.2) is 50.7 Å². The van der Waals surface area contributed by atoms with Crippen molar-refractivity contribution in [2.75, 3.05) is 33.4 Å². The van der Waals surface area contributed by atoms with Crippen LogP contribution in [0.4, 0.5) is 0 Å². The lowest BCUT2D eigenvalue weighted by Gasteiger charge is -2.23. The zero-order valence-electron chi connectivity index (χ0n) is 12.3. The Balaban J connectivity index is 2.71. The van der Waals surface area contributed by atoms with Gasteiger partial charge in [0, 0.05) is 26.2 Å². The number of rotatable bonds is 1. The van der Waals surface area contributed by atoms with Crippen molar-refractivity contribution in [2.24, 2.45) is 5.92 Å².